The first-order valence-electron chi connectivity index (χ1n) is 5.94. The molecule has 2 aromatic rings. The van der Waals surface area contributed by atoms with Crippen molar-refractivity contribution in [1.29, 1.82) is 0 Å². The molecule has 3 nitrogen and oxygen atoms in total. The molecule has 1 atom stereocenters. The molecule has 0 fully saturated rings. The molecular weight excluding hydrogens is 236 g/mol. The predicted octanol–water partition coefficient (Wildman–Crippen LogP) is 2.49. The second-order valence-corrected chi connectivity index (χ2v) is 4.56. The second-order valence-electron chi connectivity index (χ2n) is 4.56. The number of hydrogen-bond acceptors (Lipinski definition) is 2. The third kappa shape index (κ3) is 1.71. The van der Waals surface area contributed by atoms with Gasteiger partial charge in [-0.2, -0.15) is 5.10 Å². The van der Waals surface area contributed by atoms with E-state index in [1.54, 1.807) is 10.9 Å². The molecule has 5 heteroatoms. The Kier molecular flexibility index (Phi) is 2.63. The number of hydrogen-bond donors (Lipinski definition) is 1. The zero-order valence-corrected chi connectivity index (χ0v) is 9.74. The molecule has 1 aliphatic rings. The summed E-state index contributed by atoms with van der Waals surface area (Å²) in [5.74, 6) is -1.71. The van der Waals surface area contributed by atoms with Crippen LogP contribution in [0.4, 0.5) is 8.78 Å². The van der Waals surface area contributed by atoms with Gasteiger partial charge in [-0.05, 0) is 31.4 Å². The van der Waals surface area contributed by atoms with Crippen molar-refractivity contribution >= 4 is 0 Å². The van der Waals surface area contributed by atoms with Crippen molar-refractivity contribution in [3.05, 3.63) is 47.3 Å². The number of nitrogens with two attached hydrogens (primary N) is 1. The van der Waals surface area contributed by atoms with Gasteiger partial charge in [0, 0.05) is 23.4 Å². The highest BCUT2D eigenvalue weighted by Gasteiger charge is 2.22. The summed E-state index contributed by atoms with van der Waals surface area (Å²) in [6.45, 7) is 0. The highest BCUT2D eigenvalue weighted by molar-refractivity contribution is 5.37. The summed E-state index contributed by atoms with van der Waals surface area (Å²) in [4.78, 5) is 0. The molecule has 94 valence electrons. The van der Waals surface area contributed by atoms with Crippen molar-refractivity contribution in [3.8, 4) is 5.69 Å². The molecule has 1 unspecified atom stereocenters. The Bertz CT molecular complexity index is 592. The molecule has 1 aliphatic carbocycles. The maximum Gasteiger partial charge on any atom is 0.160 e. The first kappa shape index (κ1) is 11.3. The number of halogens is 2. The highest BCUT2D eigenvalue weighted by Crippen LogP contribution is 2.29. The average Bonchev–Trinajstić information content (AvgIpc) is 2.78. The van der Waals surface area contributed by atoms with Crippen LogP contribution in [0.5, 0.6) is 0 Å². The van der Waals surface area contributed by atoms with Crippen molar-refractivity contribution in [1.82, 2.24) is 9.78 Å². The summed E-state index contributed by atoms with van der Waals surface area (Å²) in [6.07, 6.45) is 4.52. The van der Waals surface area contributed by atoms with Gasteiger partial charge in [-0.15, -0.1) is 0 Å². The number of nitrogens with zero attached hydrogens (tertiary/aromatic N) is 2. The zero-order chi connectivity index (χ0) is 12.7. The van der Waals surface area contributed by atoms with E-state index in [0.29, 0.717) is 5.69 Å². The van der Waals surface area contributed by atoms with Crippen LogP contribution in [0.25, 0.3) is 5.69 Å². The van der Waals surface area contributed by atoms with Gasteiger partial charge in [-0.3, -0.25) is 0 Å². The summed E-state index contributed by atoms with van der Waals surface area (Å²) in [5.41, 5.74) is 8.54. The van der Waals surface area contributed by atoms with Gasteiger partial charge in [-0.1, -0.05) is 0 Å². The lowest BCUT2D eigenvalue weighted by Crippen LogP contribution is -2.18. The van der Waals surface area contributed by atoms with Crippen LogP contribution in [0.15, 0.2) is 24.4 Å². The van der Waals surface area contributed by atoms with Crippen LogP contribution < -0.4 is 5.73 Å². The summed E-state index contributed by atoms with van der Waals surface area (Å²) >= 11 is 0. The minimum Gasteiger partial charge on any atom is -0.324 e. The Balaban J connectivity index is 2.09. The van der Waals surface area contributed by atoms with Gasteiger partial charge in [0.2, 0.25) is 0 Å². The Morgan fingerprint density at radius 3 is 2.89 bits per heavy atom. The second kappa shape index (κ2) is 4.17. The van der Waals surface area contributed by atoms with Gasteiger partial charge in [0.15, 0.2) is 11.6 Å². The van der Waals surface area contributed by atoms with E-state index >= 15 is 0 Å². The number of aromatic nitrogens is 2. The van der Waals surface area contributed by atoms with Crippen LogP contribution >= 0.6 is 0 Å². The highest BCUT2D eigenvalue weighted by atomic mass is 19.2. The third-order valence-electron chi connectivity index (χ3n) is 3.38. The van der Waals surface area contributed by atoms with E-state index in [2.05, 4.69) is 5.10 Å². The Morgan fingerprint density at radius 1 is 1.28 bits per heavy atom. The number of benzene rings is 1. The summed E-state index contributed by atoms with van der Waals surface area (Å²) in [6, 6.07) is 3.78. The lowest BCUT2D eigenvalue weighted by molar-refractivity contribution is 0.506. The van der Waals surface area contributed by atoms with Gasteiger partial charge in [0.1, 0.15) is 0 Å². The number of fused-ring (bicyclic) bond motifs is 1. The molecule has 1 aromatic heterocycles. The Hall–Kier alpha value is -1.75. The van der Waals surface area contributed by atoms with E-state index in [4.69, 9.17) is 5.73 Å². The normalized spacial score (nSPS) is 18.7. The van der Waals surface area contributed by atoms with Crippen LogP contribution in [0.3, 0.4) is 0 Å². The quantitative estimate of drug-likeness (QED) is 0.843. The molecule has 1 heterocycles. The SMILES string of the molecule is NC1CCCc2c1cnn2-c1ccc(F)c(F)c1. The molecule has 1 aromatic carbocycles. The van der Waals surface area contributed by atoms with Crippen LogP contribution in [-0.4, -0.2) is 9.78 Å². The Labute approximate surface area is 103 Å². The molecule has 0 saturated heterocycles. The molecular formula is C13H13F2N3. The van der Waals surface area contributed by atoms with E-state index in [1.807, 2.05) is 0 Å². The lowest BCUT2D eigenvalue weighted by Gasteiger charge is -2.19. The molecule has 2 N–H and O–H groups in total. The van der Waals surface area contributed by atoms with Gasteiger partial charge in [0.05, 0.1) is 11.9 Å². The number of rotatable bonds is 1. The largest absolute Gasteiger partial charge is 0.324 e. The van der Waals surface area contributed by atoms with Crippen molar-refractivity contribution in [2.45, 2.75) is 25.3 Å². The first-order chi connectivity index (χ1) is 8.66. The Morgan fingerprint density at radius 2 is 2.11 bits per heavy atom. The van der Waals surface area contributed by atoms with E-state index in [9.17, 15) is 8.78 Å². The van der Waals surface area contributed by atoms with E-state index in [0.717, 1.165) is 42.7 Å². The van der Waals surface area contributed by atoms with E-state index in [1.165, 1.54) is 6.07 Å². The molecule has 0 amide bonds. The smallest absolute Gasteiger partial charge is 0.160 e. The maximum absolute atomic E-state index is 13.2. The van der Waals surface area contributed by atoms with Crippen molar-refractivity contribution in [3.63, 3.8) is 0 Å². The summed E-state index contributed by atoms with van der Waals surface area (Å²) in [7, 11) is 0. The standard InChI is InChI=1S/C13H13F2N3/c14-10-5-4-8(6-11(10)15)18-13-3-1-2-12(16)9(13)7-17-18/h4-7,12H,1-3,16H2. The van der Waals surface area contributed by atoms with Crippen molar-refractivity contribution in [2.75, 3.05) is 0 Å². The van der Waals surface area contributed by atoms with Crippen LogP contribution in [0, 0.1) is 11.6 Å². The fraction of sp³-hybridized carbons (Fsp3) is 0.308. The van der Waals surface area contributed by atoms with Crippen molar-refractivity contribution < 1.29 is 8.78 Å². The average molecular weight is 249 g/mol. The van der Waals surface area contributed by atoms with Gasteiger partial charge >= 0.3 is 0 Å². The molecule has 0 saturated carbocycles. The van der Waals surface area contributed by atoms with Crippen LogP contribution in [0.2, 0.25) is 0 Å². The zero-order valence-electron chi connectivity index (χ0n) is 9.74. The first-order valence-corrected chi connectivity index (χ1v) is 5.94. The molecule has 0 aliphatic heterocycles. The van der Waals surface area contributed by atoms with E-state index < -0.39 is 11.6 Å². The molecule has 3 rings (SSSR count). The molecule has 0 spiro atoms. The molecule has 0 bridgehead atoms. The predicted molar refractivity (Wildman–Crippen MR) is 63.3 cm³/mol. The minimum absolute atomic E-state index is 0.00667. The van der Waals surface area contributed by atoms with Gasteiger partial charge in [-0.25, -0.2) is 13.5 Å². The fourth-order valence-electron chi connectivity index (χ4n) is 2.43. The topological polar surface area (TPSA) is 43.8 Å². The van der Waals surface area contributed by atoms with Gasteiger partial charge < -0.3 is 5.73 Å². The third-order valence-corrected chi connectivity index (χ3v) is 3.38. The lowest BCUT2D eigenvalue weighted by atomic mass is 9.94. The van der Waals surface area contributed by atoms with E-state index in [-0.39, 0.29) is 6.04 Å². The minimum atomic E-state index is -0.864. The van der Waals surface area contributed by atoms with Crippen LogP contribution in [-0.2, 0) is 6.42 Å². The van der Waals surface area contributed by atoms with Crippen LogP contribution in [0.1, 0.15) is 30.1 Å². The molecule has 18 heavy (non-hydrogen) atoms. The summed E-state index contributed by atoms with van der Waals surface area (Å²) in [5, 5.41) is 4.24. The van der Waals surface area contributed by atoms with Gasteiger partial charge in [0.25, 0.3) is 0 Å². The fourth-order valence-corrected chi connectivity index (χ4v) is 2.43. The maximum atomic E-state index is 13.2. The summed E-state index contributed by atoms with van der Waals surface area (Å²) < 4.78 is 27.8. The van der Waals surface area contributed by atoms with Crippen molar-refractivity contribution in [2.24, 2.45) is 5.73 Å². The monoisotopic (exact) mass is 249 g/mol. The molecule has 0 radical (unpaired) electrons.